The Morgan fingerprint density at radius 3 is 2.79 bits per heavy atom. The lowest BCUT2D eigenvalue weighted by Gasteiger charge is -2.08. The lowest BCUT2D eigenvalue weighted by molar-refractivity contribution is -0.141. The smallest absolute Gasteiger partial charge is 0.306 e. The van der Waals surface area contributed by atoms with Crippen molar-refractivity contribution in [3.05, 3.63) is 41.0 Å². The van der Waals surface area contributed by atoms with Crippen molar-refractivity contribution in [1.29, 1.82) is 0 Å². The van der Waals surface area contributed by atoms with Crippen LogP contribution in [-0.4, -0.2) is 21.8 Å². The van der Waals surface area contributed by atoms with Crippen LogP contribution in [0, 0.1) is 5.92 Å². The molecule has 2 rings (SSSR count). The predicted molar refractivity (Wildman–Crippen MR) is 72.5 cm³/mol. The lowest BCUT2D eigenvalue weighted by atomic mass is 9.98. The average molecular weight is 278 g/mol. The van der Waals surface area contributed by atoms with Gasteiger partial charge in [0.25, 0.3) is 0 Å². The maximum absolute atomic E-state index is 12.1. The lowest BCUT2D eigenvalue weighted by Crippen LogP contribution is -2.15. The zero-order valence-corrected chi connectivity index (χ0v) is 11.0. The van der Waals surface area contributed by atoms with E-state index in [1.165, 1.54) is 6.92 Å². The Balaban J connectivity index is 2.43. The zero-order chi connectivity index (χ0) is 14.0. The molecule has 0 aliphatic heterocycles. The second-order valence-electron chi connectivity index (χ2n) is 4.36. The van der Waals surface area contributed by atoms with Crippen LogP contribution >= 0.6 is 11.6 Å². The van der Waals surface area contributed by atoms with Gasteiger partial charge < -0.3 is 5.11 Å². The molecule has 0 spiro atoms. The summed E-state index contributed by atoms with van der Waals surface area (Å²) in [7, 11) is 0. The number of pyridine rings is 1. The molecule has 4 nitrogen and oxygen atoms in total. The summed E-state index contributed by atoms with van der Waals surface area (Å²) in [6.07, 6.45) is 1.53. The fourth-order valence-electron chi connectivity index (χ4n) is 1.84. The molecule has 2 aromatic rings. The molecule has 19 heavy (non-hydrogen) atoms. The van der Waals surface area contributed by atoms with Gasteiger partial charge in [-0.05, 0) is 24.3 Å². The maximum Gasteiger partial charge on any atom is 0.306 e. The summed E-state index contributed by atoms with van der Waals surface area (Å²) in [5.74, 6) is -1.95. The number of Topliss-reactive ketones (excluding diaryl/α,β-unsaturated/α-hetero) is 1. The van der Waals surface area contributed by atoms with Crippen molar-refractivity contribution in [3.8, 4) is 0 Å². The van der Waals surface area contributed by atoms with E-state index in [0.29, 0.717) is 21.5 Å². The number of hydrogen-bond donors (Lipinski definition) is 1. The Kier molecular flexibility index (Phi) is 3.81. The van der Waals surface area contributed by atoms with E-state index in [9.17, 15) is 9.59 Å². The fourth-order valence-corrected chi connectivity index (χ4v) is 2.05. The minimum Gasteiger partial charge on any atom is -0.481 e. The number of benzene rings is 1. The first-order valence-corrected chi connectivity index (χ1v) is 6.17. The van der Waals surface area contributed by atoms with Gasteiger partial charge in [0.15, 0.2) is 5.78 Å². The van der Waals surface area contributed by atoms with Crippen LogP contribution in [0.15, 0.2) is 30.5 Å². The topological polar surface area (TPSA) is 67.3 Å². The molecule has 0 radical (unpaired) electrons. The van der Waals surface area contributed by atoms with Crippen molar-refractivity contribution in [2.45, 2.75) is 13.3 Å². The molecule has 1 N–H and O–H groups in total. The Morgan fingerprint density at radius 1 is 1.37 bits per heavy atom. The van der Waals surface area contributed by atoms with Gasteiger partial charge in [0.05, 0.1) is 16.5 Å². The Labute approximate surface area is 115 Å². The number of rotatable bonds is 4. The van der Waals surface area contributed by atoms with Crippen LogP contribution in [0.2, 0.25) is 5.02 Å². The number of hydrogen-bond acceptors (Lipinski definition) is 3. The Morgan fingerprint density at radius 2 is 2.11 bits per heavy atom. The van der Waals surface area contributed by atoms with Gasteiger partial charge in [-0.2, -0.15) is 0 Å². The summed E-state index contributed by atoms with van der Waals surface area (Å²) in [6, 6.07) is 6.74. The minimum absolute atomic E-state index is 0.0529. The van der Waals surface area contributed by atoms with Crippen LogP contribution in [0.1, 0.15) is 23.7 Å². The maximum atomic E-state index is 12.1. The SMILES string of the molecule is CC(CC(=O)c1ccc(Cl)c2cccnc12)C(=O)O. The predicted octanol–water partition coefficient (Wildman–Crippen LogP) is 3.18. The van der Waals surface area contributed by atoms with Gasteiger partial charge in [0.1, 0.15) is 0 Å². The van der Waals surface area contributed by atoms with Crippen LogP contribution in [0.4, 0.5) is 0 Å². The molecule has 0 aliphatic rings. The number of fused-ring (bicyclic) bond motifs is 1. The number of carboxylic acids is 1. The molecule has 1 aromatic carbocycles. The molecule has 0 saturated carbocycles. The monoisotopic (exact) mass is 277 g/mol. The van der Waals surface area contributed by atoms with Crippen molar-refractivity contribution in [3.63, 3.8) is 0 Å². The third-order valence-corrected chi connectivity index (χ3v) is 3.26. The summed E-state index contributed by atoms with van der Waals surface area (Å²) in [5.41, 5.74) is 0.922. The standard InChI is InChI=1S/C14H12ClNO3/c1-8(14(18)19)7-12(17)10-4-5-11(15)9-3-2-6-16-13(9)10/h2-6,8H,7H2,1H3,(H,18,19). The number of nitrogens with zero attached hydrogens (tertiary/aromatic N) is 1. The van der Waals surface area contributed by atoms with Crippen molar-refractivity contribution in [2.24, 2.45) is 5.92 Å². The first-order chi connectivity index (χ1) is 9.00. The number of carboxylic acid groups (broad SMARTS) is 1. The molecule has 0 amide bonds. The second kappa shape index (κ2) is 5.36. The van der Waals surface area contributed by atoms with E-state index >= 15 is 0 Å². The summed E-state index contributed by atoms with van der Waals surface area (Å²) in [6.45, 7) is 1.51. The van der Waals surface area contributed by atoms with Gasteiger partial charge in [-0.1, -0.05) is 18.5 Å². The van der Waals surface area contributed by atoms with Crippen LogP contribution in [0.3, 0.4) is 0 Å². The van der Waals surface area contributed by atoms with Gasteiger partial charge >= 0.3 is 5.97 Å². The largest absolute Gasteiger partial charge is 0.481 e. The summed E-state index contributed by atoms with van der Waals surface area (Å²) < 4.78 is 0. The van der Waals surface area contributed by atoms with Gasteiger partial charge in [-0.3, -0.25) is 14.6 Å². The molecule has 0 bridgehead atoms. The first kappa shape index (κ1) is 13.5. The molecular weight excluding hydrogens is 266 g/mol. The molecule has 5 heteroatoms. The highest BCUT2D eigenvalue weighted by Gasteiger charge is 2.19. The first-order valence-electron chi connectivity index (χ1n) is 5.80. The number of halogens is 1. The Hall–Kier alpha value is -1.94. The molecule has 1 aromatic heterocycles. The highest BCUT2D eigenvalue weighted by Crippen LogP contribution is 2.26. The molecular formula is C14H12ClNO3. The molecule has 1 atom stereocenters. The number of carbonyl (C=O) groups excluding carboxylic acids is 1. The average Bonchev–Trinajstić information content (AvgIpc) is 2.39. The molecule has 1 heterocycles. The van der Waals surface area contributed by atoms with E-state index in [4.69, 9.17) is 16.7 Å². The number of aromatic nitrogens is 1. The summed E-state index contributed by atoms with van der Waals surface area (Å²) in [5, 5.41) is 10.1. The van der Waals surface area contributed by atoms with E-state index in [1.807, 2.05) is 0 Å². The van der Waals surface area contributed by atoms with Crippen molar-refractivity contribution in [1.82, 2.24) is 4.98 Å². The second-order valence-corrected chi connectivity index (χ2v) is 4.77. The highest BCUT2D eigenvalue weighted by atomic mass is 35.5. The van der Waals surface area contributed by atoms with Crippen LogP contribution in [0.5, 0.6) is 0 Å². The van der Waals surface area contributed by atoms with Gasteiger partial charge in [-0.15, -0.1) is 0 Å². The van der Waals surface area contributed by atoms with Crippen molar-refractivity contribution < 1.29 is 14.7 Å². The molecule has 0 fully saturated rings. The molecule has 0 aliphatic carbocycles. The third-order valence-electron chi connectivity index (χ3n) is 2.93. The van der Waals surface area contributed by atoms with Crippen LogP contribution in [0.25, 0.3) is 10.9 Å². The zero-order valence-electron chi connectivity index (χ0n) is 10.3. The van der Waals surface area contributed by atoms with E-state index in [1.54, 1.807) is 30.5 Å². The van der Waals surface area contributed by atoms with Crippen molar-refractivity contribution >= 4 is 34.3 Å². The van der Waals surface area contributed by atoms with Crippen LogP contribution in [-0.2, 0) is 4.79 Å². The normalized spacial score (nSPS) is 12.3. The highest BCUT2D eigenvalue weighted by molar-refractivity contribution is 6.36. The van der Waals surface area contributed by atoms with E-state index in [0.717, 1.165) is 0 Å². The van der Waals surface area contributed by atoms with E-state index < -0.39 is 11.9 Å². The van der Waals surface area contributed by atoms with Gasteiger partial charge in [-0.25, -0.2) is 0 Å². The summed E-state index contributed by atoms with van der Waals surface area (Å²) in [4.78, 5) is 27.1. The number of aliphatic carboxylic acids is 1. The molecule has 0 saturated heterocycles. The van der Waals surface area contributed by atoms with Gasteiger partial charge in [0.2, 0.25) is 0 Å². The Bertz CT molecular complexity index is 654. The third kappa shape index (κ3) is 2.74. The number of ketones is 1. The summed E-state index contributed by atoms with van der Waals surface area (Å²) >= 11 is 6.04. The molecule has 98 valence electrons. The van der Waals surface area contributed by atoms with Gasteiger partial charge in [0, 0.05) is 23.6 Å². The quantitative estimate of drug-likeness (QED) is 0.872. The van der Waals surface area contributed by atoms with E-state index in [-0.39, 0.29) is 12.2 Å². The fraction of sp³-hybridized carbons (Fsp3) is 0.214. The van der Waals surface area contributed by atoms with Crippen LogP contribution < -0.4 is 0 Å². The van der Waals surface area contributed by atoms with Crippen molar-refractivity contribution in [2.75, 3.05) is 0 Å². The number of carbonyl (C=O) groups is 2. The van der Waals surface area contributed by atoms with E-state index in [2.05, 4.69) is 4.98 Å². The molecule has 1 unspecified atom stereocenters. The minimum atomic E-state index is -0.987.